The third-order valence-electron chi connectivity index (χ3n) is 5.92. The van der Waals surface area contributed by atoms with Gasteiger partial charge in [-0.3, -0.25) is 9.59 Å². The van der Waals surface area contributed by atoms with E-state index in [2.05, 4.69) is 0 Å². The average molecular weight is 413 g/mol. The molecule has 8 heteroatoms. The number of rotatable bonds is 2. The van der Waals surface area contributed by atoms with Crippen LogP contribution in [0.25, 0.3) is 0 Å². The lowest BCUT2D eigenvalue weighted by Crippen LogP contribution is -2.41. The van der Waals surface area contributed by atoms with Crippen molar-refractivity contribution in [1.82, 2.24) is 4.90 Å². The molecular weight excluding hydrogens is 396 g/mol. The highest BCUT2D eigenvalue weighted by Gasteiger charge is 2.65. The van der Waals surface area contributed by atoms with E-state index in [1.165, 1.54) is 12.0 Å². The second-order valence-corrected chi connectivity index (χ2v) is 7.73. The number of fused-ring (bicyclic) bond motifs is 5. The van der Waals surface area contributed by atoms with Crippen LogP contribution in [0, 0.1) is 11.8 Å². The zero-order chi connectivity index (χ0) is 20.3. The standard InChI is InChI=1S/C21H17ClN2O5/c1-28-20(26)16-14-10-29-15-5-3-2-4-13(15)17(14)24-18(16)19(25)23(21(24)27)12-8-6-11(22)7-9-12/h2-9,14,16-18H,10H2,1H3/t14-,16-,17+,18-/m0/s1. The molecule has 0 aliphatic carbocycles. The van der Waals surface area contributed by atoms with Crippen LogP contribution in [0.3, 0.4) is 0 Å². The Kier molecular flexibility index (Phi) is 4.03. The number of imide groups is 1. The van der Waals surface area contributed by atoms with Crippen LogP contribution in [0.5, 0.6) is 5.75 Å². The summed E-state index contributed by atoms with van der Waals surface area (Å²) in [4.78, 5) is 42.1. The van der Waals surface area contributed by atoms with Gasteiger partial charge in [0, 0.05) is 16.5 Å². The Labute approximate surface area is 171 Å². The lowest BCUT2D eigenvalue weighted by molar-refractivity contribution is -0.149. The molecule has 4 atom stereocenters. The van der Waals surface area contributed by atoms with E-state index < -0.39 is 35.9 Å². The number of carbonyl (C=O) groups is 3. The highest BCUT2D eigenvalue weighted by atomic mass is 35.5. The summed E-state index contributed by atoms with van der Waals surface area (Å²) >= 11 is 5.94. The Balaban J connectivity index is 1.63. The number of methoxy groups -OCH3 is 1. The van der Waals surface area contributed by atoms with Crippen molar-refractivity contribution in [2.45, 2.75) is 12.1 Å². The first-order valence-corrected chi connectivity index (χ1v) is 9.62. The molecule has 3 aliphatic rings. The number of hydrogen-bond acceptors (Lipinski definition) is 5. The second kappa shape index (κ2) is 6.49. The van der Waals surface area contributed by atoms with Gasteiger partial charge in [0.05, 0.1) is 31.4 Å². The van der Waals surface area contributed by atoms with E-state index in [0.29, 0.717) is 16.5 Å². The summed E-state index contributed by atoms with van der Waals surface area (Å²) in [5, 5.41) is 0.499. The van der Waals surface area contributed by atoms with Crippen molar-refractivity contribution in [3.8, 4) is 5.75 Å². The molecule has 148 valence electrons. The van der Waals surface area contributed by atoms with Gasteiger partial charge in [-0.25, -0.2) is 9.69 Å². The molecule has 5 rings (SSSR count). The minimum atomic E-state index is -0.935. The van der Waals surface area contributed by atoms with Crippen LogP contribution in [0.4, 0.5) is 10.5 Å². The van der Waals surface area contributed by atoms with Gasteiger partial charge in [0.15, 0.2) is 0 Å². The summed E-state index contributed by atoms with van der Waals surface area (Å²) in [7, 11) is 1.29. The molecule has 2 fully saturated rings. The Bertz CT molecular complexity index is 1020. The Hall–Kier alpha value is -3.06. The number of amides is 3. The predicted octanol–water partition coefficient (Wildman–Crippen LogP) is 3.03. The summed E-state index contributed by atoms with van der Waals surface area (Å²) in [5.74, 6) is -1.47. The minimum absolute atomic E-state index is 0.232. The van der Waals surface area contributed by atoms with Gasteiger partial charge in [-0.1, -0.05) is 29.8 Å². The van der Waals surface area contributed by atoms with Crippen LogP contribution in [0.15, 0.2) is 48.5 Å². The SMILES string of the molecule is COC(=O)[C@H]1[C@@H]2COc3ccccc3[C@H]2N2C(=O)N(c3ccc(Cl)cc3)C(=O)[C@H]12. The summed E-state index contributed by atoms with van der Waals surface area (Å²) in [6, 6.07) is 12.0. The number of esters is 1. The van der Waals surface area contributed by atoms with Crippen LogP contribution in [0.1, 0.15) is 11.6 Å². The fourth-order valence-corrected chi connectivity index (χ4v) is 4.85. The van der Waals surface area contributed by atoms with Gasteiger partial charge in [-0.2, -0.15) is 0 Å². The smallest absolute Gasteiger partial charge is 0.332 e. The summed E-state index contributed by atoms with van der Waals surface area (Å²) in [5.41, 5.74) is 1.21. The number of nitrogens with zero attached hydrogens (tertiary/aromatic N) is 2. The molecule has 0 saturated carbocycles. The van der Waals surface area contributed by atoms with E-state index in [9.17, 15) is 14.4 Å². The topological polar surface area (TPSA) is 76.2 Å². The third kappa shape index (κ3) is 2.47. The van der Waals surface area contributed by atoms with Gasteiger partial charge in [-0.05, 0) is 30.3 Å². The lowest BCUT2D eigenvalue weighted by atomic mass is 9.83. The van der Waals surface area contributed by atoms with Crippen LogP contribution < -0.4 is 9.64 Å². The number of carbonyl (C=O) groups excluding carboxylic acids is 3. The maximum absolute atomic E-state index is 13.4. The van der Waals surface area contributed by atoms with Crippen LogP contribution in [0.2, 0.25) is 5.02 Å². The van der Waals surface area contributed by atoms with Gasteiger partial charge in [0.25, 0.3) is 5.91 Å². The molecule has 0 unspecified atom stereocenters. The average Bonchev–Trinajstić information content (AvgIpc) is 3.21. The van der Waals surface area contributed by atoms with Gasteiger partial charge in [0.2, 0.25) is 0 Å². The third-order valence-corrected chi connectivity index (χ3v) is 6.17. The van der Waals surface area contributed by atoms with Crippen LogP contribution in [-0.4, -0.2) is 42.6 Å². The first kappa shape index (κ1) is 18.0. The maximum Gasteiger partial charge on any atom is 0.332 e. The molecule has 29 heavy (non-hydrogen) atoms. The molecule has 2 aromatic rings. The molecule has 3 aliphatic heterocycles. The van der Waals surface area contributed by atoms with Gasteiger partial charge in [0.1, 0.15) is 11.8 Å². The number of urea groups is 1. The molecule has 3 heterocycles. The van der Waals surface area contributed by atoms with Crippen molar-refractivity contribution in [2.75, 3.05) is 18.6 Å². The highest BCUT2D eigenvalue weighted by Crippen LogP contribution is 2.53. The molecule has 3 amide bonds. The fourth-order valence-electron chi connectivity index (χ4n) is 4.72. The fraction of sp³-hybridized carbons (Fsp3) is 0.286. The van der Waals surface area contributed by atoms with Gasteiger partial charge in [-0.15, -0.1) is 0 Å². The zero-order valence-corrected chi connectivity index (χ0v) is 16.2. The van der Waals surface area contributed by atoms with Crippen molar-refractivity contribution in [3.63, 3.8) is 0 Å². The predicted molar refractivity (Wildman–Crippen MR) is 104 cm³/mol. The number of para-hydroxylation sites is 1. The van der Waals surface area contributed by atoms with E-state index in [4.69, 9.17) is 21.1 Å². The lowest BCUT2D eigenvalue weighted by Gasteiger charge is -2.33. The quantitative estimate of drug-likeness (QED) is 0.559. The van der Waals surface area contributed by atoms with E-state index in [1.807, 2.05) is 24.3 Å². The maximum atomic E-state index is 13.4. The minimum Gasteiger partial charge on any atom is -0.493 e. The second-order valence-electron chi connectivity index (χ2n) is 7.29. The largest absolute Gasteiger partial charge is 0.493 e. The number of halogens is 1. The summed E-state index contributed by atoms with van der Waals surface area (Å²) in [6.45, 7) is 0.232. The van der Waals surface area contributed by atoms with Gasteiger partial charge < -0.3 is 14.4 Å². The van der Waals surface area contributed by atoms with E-state index in [-0.39, 0.29) is 12.5 Å². The normalized spacial score (nSPS) is 27.2. The molecule has 0 N–H and O–H groups in total. The van der Waals surface area contributed by atoms with Crippen molar-refractivity contribution < 1.29 is 23.9 Å². The number of anilines is 1. The molecule has 2 saturated heterocycles. The first-order valence-electron chi connectivity index (χ1n) is 9.24. The van der Waals surface area contributed by atoms with Crippen molar-refractivity contribution in [2.24, 2.45) is 11.8 Å². The van der Waals surface area contributed by atoms with Crippen molar-refractivity contribution >= 4 is 35.2 Å². The van der Waals surface area contributed by atoms with Crippen molar-refractivity contribution in [1.29, 1.82) is 0 Å². The van der Waals surface area contributed by atoms with Crippen LogP contribution >= 0.6 is 11.6 Å². The first-order chi connectivity index (χ1) is 14.0. The number of hydrogen-bond donors (Lipinski definition) is 0. The van der Waals surface area contributed by atoms with Crippen molar-refractivity contribution in [3.05, 3.63) is 59.1 Å². The molecule has 2 aromatic carbocycles. The van der Waals surface area contributed by atoms with E-state index in [0.717, 1.165) is 10.5 Å². The van der Waals surface area contributed by atoms with E-state index in [1.54, 1.807) is 24.3 Å². The molecule has 0 radical (unpaired) electrons. The number of benzene rings is 2. The Morgan fingerprint density at radius 2 is 1.83 bits per heavy atom. The Morgan fingerprint density at radius 3 is 2.55 bits per heavy atom. The molecule has 0 aromatic heterocycles. The van der Waals surface area contributed by atoms with Crippen LogP contribution in [-0.2, 0) is 14.3 Å². The Morgan fingerprint density at radius 1 is 1.10 bits per heavy atom. The zero-order valence-electron chi connectivity index (χ0n) is 15.4. The molecule has 0 spiro atoms. The molecule has 7 nitrogen and oxygen atoms in total. The summed E-state index contributed by atoms with van der Waals surface area (Å²) < 4.78 is 10.8. The molecule has 0 bridgehead atoms. The molecular formula is C21H17ClN2O5. The summed E-state index contributed by atoms with van der Waals surface area (Å²) in [6.07, 6.45) is 0. The van der Waals surface area contributed by atoms with E-state index >= 15 is 0 Å². The highest BCUT2D eigenvalue weighted by molar-refractivity contribution is 6.30. The monoisotopic (exact) mass is 412 g/mol. The number of ether oxygens (including phenoxy) is 2. The van der Waals surface area contributed by atoms with Gasteiger partial charge >= 0.3 is 12.0 Å².